The Morgan fingerprint density at radius 1 is 1.05 bits per heavy atom. The summed E-state index contributed by atoms with van der Waals surface area (Å²) < 4.78 is 5.78. The van der Waals surface area contributed by atoms with Gasteiger partial charge in [0.05, 0.1) is 11.6 Å². The number of ether oxygens (including phenoxy) is 1. The lowest BCUT2D eigenvalue weighted by Gasteiger charge is -2.12. The Hall–Kier alpha value is -2.85. The lowest BCUT2D eigenvalue weighted by Crippen LogP contribution is -1.93. The molecule has 4 heteroatoms. The molecule has 0 radical (unpaired) electrons. The van der Waals surface area contributed by atoms with Crippen molar-refractivity contribution in [2.45, 2.75) is 13.8 Å². The van der Waals surface area contributed by atoms with Crippen molar-refractivity contribution in [2.24, 2.45) is 0 Å². The van der Waals surface area contributed by atoms with Crippen LogP contribution in [0.3, 0.4) is 0 Å². The molecule has 0 fully saturated rings. The molecule has 1 aromatic carbocycles. The quantitative estimate of drug-likeness (QED) is 0.819. The van der Waals surface area contributed by atoms with Gasteiger partial charge in [0.1, 0.15) is 23.3 Å². The zero-order chi connectivity index (χ0) is 13.8. The van der Waals surface area contributed by atoms with E-state index in [0.717, 1.165) is 11.1 Å². The van der Waals surface area contributed by atoms with Gasteiger partial charge in [0, 0.05) is 12.3 Å². The average Bonchev–Trinajstić information content (AvgIpc) is 2.42. The lowest BCUT2D eigenvalue weighted by molar-refractivity contribution is 0.474. The van der Waals surface area contributed by atoms with Crippen molar-refractivity contribution in [2.75, 3.05) is 0 Å². The summed E-state index contributed by atoms with van der Waals surface area (Å²) >= 11 is 0. The summed E-state index contributed by atoms with van der Waals surface area (Å²) in [5.41, 5.74) is 2.68. The lowest BCUT2D eigenvalue weighted by atomic mass is 10.1. The predicted molar refractivity (Wildman–Crippen MR) is 69.7 cm³/mol. The van der Waals surface area contributed by atoms with E-state index in [9.17, 15) is 0 Å². The van der Waals surface area contributed by atoms with Crippen LogP contribution in [0.2, 0.25) is 0 Å². The predicted octanol–water partition coefficient (Wildman–Crippen LogP) is 3.23. The van der Waals surface area contributed by atoms with Crippen LogP contribution < -0.4 is 4.74 Å². The monoisotopic (exact) mass is 249 g/mol. The first-order valence-electron chi connectivity index (χ1n) is 5.69. The van der Waals surface area contributed by atoms with Crippen molar-refractivity contribution >= 4 is 0 Å². The second-order valence-electron chi connectivity index (χ2n) is 4.14. The Bertz CT molecular complexity index is 685. The van der Waals surface area contributed by atoms with Crippen LogP contribution in [-0.4, -0.2) is 4.98 Å². The molecular weight excluding hydrogens is 238 g/mol. The van der Waals surface area contributed by atoms with Crippen LogP contribution in [-0.2, 0) is 0 Å². The first-order valence-corrected chi connectivity index (χ1v) is 5.69. The maximum absolute atomic E-state index is 8.90. The van der Waals surface area contributed by atoms with Crippen LogP contribution in [0, 0.1) is 36.5 Å². The van der Waals surface area contributed by atoms with Crippen LogP contribution in [0.15, 0.2) is 30.5 Å². The molecule has 4 nitrogen and oxygen atoms in total. The van der Waals surface area contributed by atoms with Crippen LogP contribution >= 0.6 is 0 Å². The molecule has 0 aliphatic rings. The zero-order valence-corrected chi connectivity index (χ0v) is 10.6. The van der Waals surface area contributed by atoms with Crippen molar-refractivity contribution in [3.63, 3.8) is 0 Å². The van der Waals surface area contributed by atoms with E-state index >= 15 is 0 Å². The van der Waals surface area contributed by atoms with Gasteiger partial charge in [-0.15, -0.1) is 0 Å². The number of benzene rings is 1. The molecule has 1 aromatic heterocycles. The summed E-state index contributed by atoms with van der Waals surface area (Å²) in [6, 6.07) is 10.9. The van der Waals surface area contributed by atoms with Gasteiger partial charge in [-0.1, -0.05) is 0 Å². The smallest absolute Gasteiger partial charge is 0.144 e. The third-order valence-corrected chi connectivity index (χ3v) is 2.66. The highest BCUT2D eigenvalue weighted by Crippen LogP contribution is 2.29. The molecule has 92 valence electrons. The molecule has 0 N–H and O–H groups in total. The SMILES string of the molecule is Cc1cc(C#N)cc(C)c1Oc1ccnc(C#N)c1. The fourth-order valence-electron chi connectivity index (χ4n) is 1.83. The zero-order valence-electron chi connectivity index (χ0n) is 10.6. The Morgan fingerprint density at radius 3 is 2.32 bits per heavy atom. The standard InChI is InChI=1S/C15H11N3O/c1-10-5-12(8-16)6-11(2)15(10)19-14-3-4-18-13(7-14)9-17/h3-7H,1-2H3. The maximum Gasteiger partial charge on any atom is 0.144 e. The molecule has 0 unspecified atom stereocenters. The molecule has 19 heavy (non-hydrogen) atoms. The van der Waals surface area contributed by atoms with Crippen LogP contribution in [0.5, 0.6) is 11.5 Å². The van der Waals surface area contributed by atoms with Gasteiger partial charge in [0.15, 0.2) is 0 Å². The van der Waals surface area contributed by atoms with E-state index in [2.05, 4.69) is 11.1 Å². The van der Waals surface area contributed by atoms with Crippen molar-refractivity contribution in [1.82, 2.24) is 4.98 Å². The molecule has 0 bridgehead atoms. The summed E-state index contributed by atoms with van der Waals surface area (Å²) in [6.07, 6.45) is 1.53. The van der Waals surface area contributed by atoms with Gasteiger partial charge in [-0.05, 0) is 43.2 Å². The third kappa shape index (κ3) is 2.70. The van der Waals surface area contributed by atoms with Gasteiger partial charge in [-0.2, -0.15) is 10.5 Å². The summed E-state index contributed by atoms with van der Waals surface area (Å²) in [4.78, 5) is 3.89. The highest BCUT2D eigenvalue weighted by Gasteiger charge is 2.08. The minimum absolute atomic E-state index is 0.307. The first-order chi connectivity index (χ1) is 9.13. The summed E-state index contributed by atoms with van der Waals surface area (Å²) in [5, 5.41) is 17.7. The van der Waals surface area contributed by atoms with E-state index < -0.39 is 0 Å². The Morgan fingerprint density at radius 2 is 1.74 bits per heavy atom. The van der Waals surface area contributed by atoms with Gasteiger partial charge in [-0.3, -0.25) is 0 Å². The fourth-order valence-corrected chi connectivity index (χ4v) is 1.83. The number of aromatic nitrogens is 1. The second kappa shape index (κ2) is 5.20. The van der Waals surface area contributed by atoms with Crippen LogP contribution in [0.1, 0.15) is 22.4 Å². The first kappa shape index (κ1) is 12.6. The van der Waals surface area contributed by atoms with Gasteiger partial charge in [0.25, 0.3) is 0 Å². The van der Waals surface area contributed by atoms with Crippen molar-refractivity contribution in [1.29, 1.82) is 10.5 Å². The highest BCUT2D eigenvalue weighted by atomic mass is 16.5. The number of pyridine rings is 1. The Kier molecular flexibility index (Phi) is 3.45. The number of hydrogen-bond donors (Lipinski definition) is 0. The molecule has 2 aromatic rings. The summed E-state index contributed by atoms with van der Waals surface area (Å²) in [6.45, 7) is 3.77. The van der Waals surface area contributed by atoms with Crippen molar-refractivity contribution in [3.8, 4) is 23.6 Å². The van der Waals surface area contributed by atoms with Crippen molar-refractivity contribution in [3.05, 3.63) is 52.8 Å². The molecule has 0 amide bonds. The largest absolute Gasteiger partial charge is 0.457 e. The molecule has 0 atom stereocenters. The number of aryl methyl sites for hydroxylation is 2. The highest BCUT2D eigenvalue weighted by molar-refractivity contribution is 5.49. The topological polar surface area (TPSA) is 69.7 Å². The third-order valence-electron chi connectivity index (χ3n) is 2.66. The molecule has 2 rings (SSSR count). The Balaban J connectivity index is 2.39. The second-order valence-corrected chi connectivity index (χ2v) is 4.14. The molecule has 0 aliphatic carbocycles. The van der Waals surface area contributed by atoms with E-state index in [1.807, 2.05) is 19.9 Å². The number of nitriles is 2. The van der Waals surface area contributed by atoms with Gasteiger partial charge in [0.2, 0.25) is 0 Å². The maximum atomic E-state index is 8.90. The number of nitrogens with zero attached hydrogens (tertiary/aromatic N) is 3. The molecule has 0 aliphatic heterocycles. The molecule has 1 heterocycles. The van der Waals surface area contributed by atoms with E-state index in [1.165, 1.54) is 6.20 Å². The minimum atomic E-state index is 0.307. The summed E-state index contributed by atoms with van der Waals surface area (Å²) in [5.74, 6) is 1.26. The van der Waals surface area contributed by atoms with Gasteiger partial charge < -0.3 is 4.74 Å². The average molecular weight is 249 g/mol. The summed E-state index contributed by atoms with van der Waals surface area (Å²) in [7, 11) is 0. The number of rotatable bonds is 2. The molecule has 0 spiro atoms. The Labute approximate surface area is 111 Å². The van der Waals surface area contributed by atoms with Crippen molar-refractivity contribution < 1.29 is 4.74 Å². The minimum Gasteiger partial charge on any atom is -0.457 e. The van der Waals surface area contributed by atoms with Crippen LogP contribution in [0.4, 0.5) is 0 Å². The fraction of sp³-hybridized carbons (Fsp3) is 0.133. The molecule has 0 saturated heterocycles. The van der Waals surface area contributed by atoms with E-state index in [-0.39, 0.29) is 0 Å². The van der Waals surface area contributed by atoms with Crippen LogP contribution in [0.25, 0.3) is 0 Å². The molecule has 0 saturated carbocycles. The van der Waals surface area contributed by atoms with E-state index in [1.54, 1.807) is 24.3 Å². The normalized spacial score (nSPS) is 9.47. The number of hydrogen-bond acceptors (Lipinski definition) is 4. The van der Waals surface area contributed by atoms with E-state index in [4.69, 9.17) is 15.3 Å². The molecular formula is C15H11N3O. The van der Waals surface area contributed by atoms with Gasteiger partial charge in [-0.25, -0.2) is 4.98 Å². The van der Waals surface area contributed by atoms with E-state index in [0.29, 0.717) is 22.8 Å². The van der Waals surface area contributed by atoms with Gasteiger partial charge >= 0.3 is 0 Å².